The quantitative estimate of drug-likeness (QED) is 0.831. The van der Waals surface area contributed by atoms with Crippen molar-refractivity contribution in [2.75, 3.05) is 32.7 Å². The Balaban J connectivity index is 1.86. The highest BCUT2D eigenvalue weighted by atomic mass is 79.9. The molecule has 1 aliphatic heterocycles. The topological polar surface area (TPSA) is 61.6 Å². The number of hydrogen-bond acceptors (Lipinski definition) is 4. The first-order valence-corrected chi connectivity index (χ1v) is 8.17. The van der Waals surface area contributed by atoms with Gasteiger partial charge in [-0.15, -0.1) is 0 Å². The Labute approximate surface area is 133 Å². The first-order chi connectivity index (χ1) is 10.0. The summed E-state index contributed by atoms with van der Waals surface area (Å²) in [6.45, 7) is 7.46. The van der Waals surface area contributed by atoms with E-state index >= 15 is 0 Å². The van der Waals surface area contributed by atoms with Crippen LogP contribution in [0, 0.1) is 0 Å². The molecular weight excluding hydrogens is 336 g/mol. The van der Waals surface area contributed by atoms with Crippen LogP contribution in [0.5, 0.6) is 0 Å². The maximum atomic E-state index is 10.6. The molecule has 0 spiro atoms. The van der Waals surface area contributed by atoms with E-state index in [0.29, 0.717) is 6.54 Å². The molecular formula is C14H23BrN4O2. The molecule has 0 aliphatic carbocycles. The lowest BCUT2D eigenvalue weighted by Gasteiger charge is -2.34. The van der Waals surface area contributed by atoms with Crippen LogP contribution in [0.4, 0.5) is 0 Å². The predicted molar refractivity (Wildman–Crippen MR) is 84.3 cm³/mol. The highest BCUT2D eigenvalue weighted by Gasteiger charge is 2.20. The van der Waals surface area contributed by atoms with Crippen molar-refractivity contribution in [2.24, 2.45) is 7.05 Å². The molecule has 0 bridgehead atoms. The molecule has 1 N–H and O–H groups in total. The van der Waals surface area contributed by atoms with Crippen LogP contribution in [-0.4, -0.2) is 63.4 Å². The summed E-state index contributed by atoms with van der Waals surface area (Å²) in [6.07, 6.45) is 1.16. The highest BCUT2D eigenvalue weighted by Crippen LogP contribution is 2.23. The third kappa shape index (κ3) is 4.28. The van der Waals surface area contributed by atoms with Crippen molar-refractivity contribution in [1.82, 2.24) is 19.6 Å². The maximum absolute atomic E-state index is 10.6. The fraction of sp³-hybridized carbons (Fsp3) is 0.714. The summed E-state index contributed by atoms with van der Waals surface area (Å²) in [5, 5.41) is 13.3. The van der Waals surface area contributed by atoms with Gasteiger partial charge in [0.15, 0.2) is 0 Å². The van der Waals surface area contributed by atoms with Gasteiger partial charge in [0.25, 0.3) is 0 Å². The Hall–Kier alpha value is -0.920. The lowest BCUT2D eigenvalue weighted by Crippen LogP contribution is -2.46. The third-order valence-electron chi connectivity index (χ3n) is 3.98. The first-order valence-electron chi connectivity index (χ1n) is 7.38. The van der Waals surface area contributed by atoms with Gasteiger partial charge in [0.1, 0.15) is 0 Å². The number of carboxylic acids is 1. The average Bonchev–Trinajstić information content (AvgIpc) is 2.74. The molecule has 1 fully saturated rings. The number of carbonyl (C=O) groups is 1. The Morgan fingerprint density at radius 3 is 2.43 bits per heavy atom. The number of rotatable bonds is 6. The summed E-state index contributed by atoms with van der Waals surface area (Å²) in [6, 6.07) is 0. The van der Waals surface area contributed by atoms with Crippen LogP contribution in [0.15, 0.2) is 4.47 Å². The third-order valence-corrected chi connectivity index (χ3v) is 4.90. The normalized spacial score (nSPS) is 17.3. The zero-order chi connectivity index (χ0) is 15.4. The highest BCUT2D eigenvalue weighted by molar-refractivity contribution is 9.10. The molecule has 1 aromatic rings. The molecule has 1 aliphatic rings. The van der Waals surface area contributed by atoms with Crippen molar-refractivity contribution >= 4 is 21.9 Å². The van der Waals surface area contributed by atoms with E-state index in [0.717, 1.165) is 49.3 Å². The predicted octanol–water partition coefficient (Wildman–Crippen LogP) is 1.34. The second-order valence-corrected chi connectivity index (χ2v) is 6.24. The van der Waals surface area contributed by atoms with Gasteiger partial charge in [-0.25, -0.2) is 0 Å². The molecule has 118 valence electrons. The number of nitrogens with zero attached hydrogens (tertiary/aromatic N) is 4. The van der Waals surface area contributed by atoms with Gasteiger partial charge >= 0.3 is 5.97 Å². The van der Waals surface area contributed by atoms with Crippen molar-refractivity contribution in [3.8, 4) is 0 Å². The standard InChI is InChI=1S/C14H23BrN4O2/c1-3-11-14(15)12(17(2)16-11)10-19-8-6-18(7-9-19)5-4-13(20)21/h3-10H2,1-2H3,(H,20,21). The summed E-state index contributed by atoms with van der Waals surface area (Å²) in [5.41, 5.74) is 2.32. The molecule has 0 radical (unpaired) electrons. The smallest absolute Gasteiger partial charge is 0.304 e. The van der Waals surface area contributed by atoms with E-state index in [9.17, 15) is 4.79 Å². The number of aliphatic carboxylic acids is 1. The number of piperazine rings is 1. The minimum atomic E-state index is -0.719. The van der Waals surface area contributed by atoms with Crippen molar-refractivity contribution in [2.45, 2.75) is 26.3 Å². The Kier molecular flexibility index (Phi) is 5.78. The van der Waals surface area contributed by atoms with E-state index in [2.05, 4.69) is 37.8 Å². The van der Waals surface area contributed by atoms with Crippen LogP contribution in [0.3, 0.4) is 0 Å². The van der Waals surface area contributed by atoms with E-state index in [4.69, 9.17) is 5.11 Å². The summed E-state index contributed by atoms with van der Waals surface area (Å²) >= 11 is 3.66. The number of aryl methyl sites for hydroxylation is 2. The fourth-order valence-electron chi connectivity index (χ4n) is 2.63. The molecule has 0 amide bonds. The first kappa shape index (κ1) is 16.5. The zero-order valence-corrected chi connectivity index (χ0v) is 14.3. The maximum Gasteiger partial charge on any atom is 0.304 e. The van der Waals surface area contributed by atoms with E-state index < -0.39 is 5.97 Å². The van der Waals surface area contributed by atoms with E-state index in [-0.39, 0.29) is 6.42 Å². The second-order valence-electron chi connectivity index (χ2n) is 5.45. The molecule has 0 atom stereocenters. The van der Waals surface area contributed by atoms with Gasteiger partial charge in [-0.2, -0.15) is 5.10 Å². The van der Waals surface area contributed by atoms with Crippen molar-refractivity contribution < 1.29 is 9.90 Å². The Morgan fingerprint density at radius 1 is 1.29 bits per heavy atom. The van der Waals surface area contributed by atoms with Crippen LogP contribution in [0.2, 0.25) is 0 Å². The van der Waals surface area contributed by atoms with Crippen molar-refractivity contribution in [1.29, 1.82) is 0 Å². The molecule has 0 unspecified atom stereocenters. The summed E-state index contributed by atoms with van der Waals surface area (Å²) in [7, 11) is 1.99. The number of hydrogen-bond donors (Lipinski definition) is 1. The number of aromatic nitrogens is 2. The van der Waals surface area contributed by atoms with Gasteiger partial charge in [-0.3, -0.25) is 14.4 Å². The molecule has 2 rings (SSSR count). The van der Waals surface area contributed by atoms with Gasteiger partial charge in [-0.05, 0) is 22.4 Å². The van der Waals surface area contributed by atoms with Gasteiger partial charge in [-0.1, -0.05) is 6.92 Å². The van der Waals surface area contributed by atoms with Gasteiger partial charge < -0.3 is 10.0 Å². The van der Waals surface area contributed by atoms with Crippen LogP contribution < -0.4 is 0 Å². The van der Waals surface area contributed by atoms with Gasteiger partial charge in [0.2, 0.25) is 0 Å². The molecule has 0 saturated carbocycles. The van der Waals surface area contributed by atoms with Gasteiger partial charge in [0.05, 0.1) is 22.3 Å². The molecule has 2 heterocycles. The SMILES string of the molecule is CCc1nn(C)c(CN2CCN(CCC(=O)O)CC2)c1Br. The molecule has 7 heteroatoms. The summed E-state index contributed by atoms with van der Waals surface area (Å²) < 4.78 is 3.08. The van der Waals surface area contributed by atoms with E-state index in [1.165, 1.54) is 5.69 Å². The van der Waals surface area contributed by atoms with Crippen molar-refractivity contribution in [3.05, 3.63) is 15.9 Å². The largest absolute Gasteiger partial charge is 0.481 e. The molecule has 0 aromatic carbocycles. The molecule has 6 nitrogen and oxygen atoms in total. The second kappa shape index (κ2) is 7.38. The molecule has 21 heavy (non-hydrogen) atoms. The van der Waals surface area contributed by atoms with Crippen LogP contribution >= 0.6 is 15.9 Å². The number of carboxylic acid groups (broad SMARTS) is 1. The average molecular weight is 359 g/mol. The van der Waals surface area contributed by atoms with E-state index in [1.807, 2.05) is 11.7 Å². The zero-order valence-electron chi connectivity index (χ0n) is 12.7. The summed E-state index contributed by atoms with van der Waals surface area (Å²) in [4.78, 5) is 15.2. The number of halogens is 1. The minimum Gasteiger partial charge on any atom is -0.481 e. The minimum absolute atomic E-state index is 0.229. The monoisotopic (exact) mass is 358 g/mol. The Bertz CT molecular complexity index is 495. The lowest BCUT2D eigenvalue weighted by molar-refractivity contribution is -0.137. The van der Waals surface area contributed by atoms with Crippen LogP contribution in [0.1, 0.15) is 24.7 Å². The summed E-state index contributed by atoms with van der Waals surface area (Å²) in [5.74, 6) is -0.719. The van der Waals surface area contributed by atoms with Crippen molar-refractivity contribution in [3.63, 3.8) is 0 Å². The lowest BCUT2D eigenvalue weighted by atomic mass is 10.2. The molecule has 1 saturated heterocycles. The Morgan fingerprint density at radius 2 is 1.90 bits per heavy atom. The van der Waals surface area contributed by atoms with Crippen LogP contribution in [0.25, 0.3) is 0 Å². The van der Waals surface area contributed by atoms with E-state index in [1.54, 1.807) is 0 Å². The molecule has 1 aromatic heterocycles. The fourth-order valence-corrected chi connectivity index (χ4v) is 3.37. The van der Waals surface area contributed by atoms with Crippen LogP contribution in [-0.2, 0) is 24.8 Å². The van der Waals surface area contributed by atoms with Gasteiger partial charge in [0, 0.05) is 46.3 Å².